The second kappa shape index (κ2) is 8.38. The number of rotatable bonds is 7. The van der Waals surface area contributed by atoms with Crippen LogP contribution in [0.4, 0.5) is 5.69 Å². The summed E-state index contributed by atoms with van der Waals surface area (Å²) < 4.78 is 10.6. The van der Waals surface area contributed by atoms with Gasteiger partial charge in [-0.15, -0.1) is 11.3 Å². The molecule has 1 N–H and O–H groups in total. The number of amides is 2. The number of nitrogens with one attached hydrogen (secondary N) is 1. The number of hydrogen-bond acceptors (Lipinski definition) is 7. The van der Waals surface area contributed by atoms with Crippen molar-refractivity contribution in [3.05, 3.63) is 76.4 Å². The van der Waals surface area contributed by atoms with E-state index in [1.165, 1.54) is 16.2 Å². The first-order chi connectivity index (χ1) is 14.6. The van der Waals surface area contributed by atoms with Gasteiger partial charge in [0.05, 0.1) is 26.3 Å². The maximum absolute atomic E-state index is 13.2. The fraction of sp³-hybridized carbons (Fsp3) is 0.136. The van der Waals surface area contributed by atoms with E-state index in [0.717, 1.165) is 10.4 Å². The van der Waals surface area contributed by atoms with E-state index >= 15 is 0 Å². The van der Waals surface area contributed by atoms with Crippen molar-refractivity contribution in [3.63, 3.8) is 0 Å². The summed E-state index contributed by atoms with van der Waals surface area (Å²) in [5.74, 6) is 0.399. The van der Waals surface area contributed by atoms with Crippen LogP contribution in [0.15, 0.2) is 65.9 Å². The number of nitrogens with zero attached hydrogens (tertiary/aromatic N) is 2. The normalized spacial score (nSPS) is 13.7. The third-order valence-electron chi connectivity index (χ3n) is 4.62. The van der Waals surface area contributed by atoms with Crippen molar-refractivity contribution < 1.29 is 19.1 Å². The third kappa shape index (κ3) is 3.77. The largest absolute Gasteiger partial charge is 0.497 e. The molecule has 0 atom stereocenters. The second-order valence-electron chi connectivity index (χ2n) is 6.51. The highest BCUT2D eigenvalue weighted by molar-refractivity contribution is 7.11. The van der Waals surface area contributed by atoms with Crippen LogP contribution in [0.1, 0.15) is 10.4 Å². The number of carbonyl (C=O) groups is 2. The minimum Gasteiger partial charge on any atom is -0.497 e. The number of methoxy groups -OCH3 is 2. The van der Waals surface area contributed by atoms with Crippen LogP contribution in [0.2, 0.25) is 0 Å². The Hall–Kier alpha value is -3.65. The molecule has 0 aliphatic carbocycles. The van der Waals surface area contributed by atoms with Crippen LogP contribution < -0.4 is 14.8 Å². The molecule has 0 saturated carbocycles. The molecule has 0 fully saturated rings. The molecule has 0 radical (unpaired) electrons. The van der Waals surface area contributed by atoms with Crippen LogP contribution in [0.3, 0.4) is 0 Å². The molecule has 2 aromatic heterocycles. The number of anilines is 1. The summed E-state index contributed by atoms with van der Waals surface area (Å²) >= 11 is 1.40. The first-order valence-corrected chi connectivity index (χ1v) is 10.0. The minimum absolute atomic E-state index is 0.146. The van der Waals surface area contributed by atoms with Gasteiger partial charge in [0.15, 0.2) is 0 Å². The van der Waals surface area contributed by atoms with Crippen LogP contribution in [0.5, 0.6) is 11.5 Å². The third-order valence-corrected chi connectivity index (χ3v) is 5.51. The molecule has 1 aliphatic rings. The molecular weight excluding hydrogens is 402 g/mol. The number of thiophene rings is 1. The van der Waals surface area contributed by atoms with Crippen molar-refractivity contribution in [2.75, 3.05) is 19.5 Å². The van der Waals surface area contributed by atoms with E-state index in [1.54, 1.807) is 50.9 Å². The highest BCUT2D eigenvalue weighted by atomic mass is 32.1. The van der Waals surface area contributed by atoms with Crippen LogP contribution in [0.25, 0.3) is 5.57 Å². The van der Waals surface area contributed by atoms with Crippen LogP contribution >= 0.6 is 11.3 Å². The molecule has 8 heteroatoms. The Balaban J connectivity index is 1.73. The Kier molecular flexibility index (Phi) is 5.49. The van der Waals surface area contributed by atoms with Crippen molar-refractivity contribution in [3.8, 4) is 11.5 Å². The molecule has 0 bridgehead atoms. The van der Waals surface area contributed by atoms with Gasteiger partial charge in [0.1, 0.15) is 17.2 Å². The maximum Gasteiger partial charge on any atom is 0.278 e. The number of imide groups is 1. The van der Waals surface area contributed by atoms with Gasteiger partial charge in [-0.05, 0) is 23.1 Å². The predicted octanol–water partition coefficient (Wildman–Crippen LogP) is 3.55. The van der Waals surface area contributed by atoms with Gasteiger partial charge >= 0.3 is 0 Å². The van der Waals surface area contributed by atoms with Crippen LogP contribution in [-0.2, 0) is 16.1 Å². The molecule has 3 heterocycles. The highest BCUT2D eigenvalue weighted by Gasteiger charge is 2.39. The average Bonchev–Trinajstić information content (AvgIpc) is 3.37. The molecule has 1 aromatic carbocycles. The molecule has 30 heavy (non-hydrogen) atoms. The Labute approximate surface area is 177 Å². The molecule has 1 aliphatic heterocycles. The second-order valence-corrected chi connectivity index (χ2v) is 7.46. The van der Waals surface area contributed by atoms with Gasteiger partial charge in [0.25, 0.3) is 11.8 Å². The lowest BCUT2D eigenvalue weighted by atomic mass is 10.1. The summed E-state index contributed by atoms with van der Waals surface area (Å²) in [6.45, 7) is 0.146. The summed E-state index contributed by atoms with van der Waals surface area (Å²) in [5, 5.41) is 4.99. The standard InChI is InChI=1S/C22H19N3O4S/c1-28-16-9-15(10-17(11-16)29-2)24-20-19(18-6-4-8-30-18)21(26)25(22(20)27)13-14-5-3-7-23-12-14/h3-12,24H,13H2,1-2H3. The number of benzene rings is 1. The summed E-state index contributed by atoms with van der Waals surface area (Å²) in [6.07, 6.45) is 3.29. The molecule has 2 amide bonds. The Bertz CT molecular complexity index is 1090. The lowest BCUT2D eigenvalue weighted by Gasteiger charge is -2.15. The Morgan fingerprint density at radius 3 is 2.40 bits per heavy atom. The average molecular weight is 421 g/mol. The molecule has 152 valence electrons. The molecule has 3 aromatic rings. The summed E-state index contributed by atoms with van der Waals surface area (Å²) in [5.41, 5.74) is 1.93. The number of ether oxygens (including phenoxy) is 2. The van der Waals surface area contributed by atoms with Gasteiger partial charge in [-0.2, -0.15) is 0 Å². The van der Waals surface area contributed by atoms with Crippen molar-refractivity contribution in [1.29, 1.82) is 0 Å². The minimum atomic E-state index is -0.394. The fourth-order valence-electron chi connectivity index (χ4n) is 3.18. The van der Waals surface area contributed by atoms with E-state index < -0.39 is 5.91 Å². The SMILES string of the molecule is COc1cc(NC2=C(c3cccs3)C(=O)N(Cc3cccnc3)C2=O)cc(OC)c1. The highest BCUT2D eigenvalue weighted by Crippen LogP contribution is 2.35. The summed E-state index contributed by atoms with van der Waals surface area (Å²) in [7, 11) is 3.10. The molecular formula is C22H19N3O4S. The summed E-state index contributed by atoms with van der Waals surface area (Å²) in [4.78, 5) is 32.5. The molecule has 4 rings (SSSR count). The zero-order chi connectivity index (χ0) is 21.1. The number of hydrogen-bond donors (Lipinski definition) is 1. The lowest BCUT2D eigenvalue weighted by molar-refractivity contribution is -0.137. The van der Waals surface area contributed by atoms with E-state index in [4.69, 9.17) is 9.47 Å². The van der Waals surface area contributed by atoms with Gasteiger partial charge in [0, 0.05) is 41.2 Å². The van der Waals surface area contributed by atoms with Crippen molar-refractivity contribution in [2.45, 2.75) is 6.54 Å². The molecule has 0 saturated heterocycles. The smallest absolute Gasteiger partial charge is 0.278 e. The van der Waals surface area contributed by atoms with Crippen molar-refractivity contribution in [1.82, 2.24) is 9.88 Å². The van der Waals surface area contributed by atoms with Crippen LogP contribution in [0, 0.1) is 0 Å². The maximum atomic E-state index is 13.2. The predicted molar refractivity (Wildman–Crippen MR) is 114 cm³/mol. The van der Waals surface area contributed by atoms with Crippen molar-refractivity contribution in [2.24, 2.45) is 0 Å². The van der Waals surface area contributed by atoms with E-state index in [9.17, 15) is 9.59 Å². The molecule has 0 spiro atoms. The zero-order valence-electron chi connectivity index (χ0n) is 16.4. The summed E-state index contributed by atoms with van der Waals surface area (Å²) in [6, 6.07) is 12.5. The topological polar surface area (TPSA) is 80.8 Å². The fourth-order valence-corrected chi connectivity index (χ4v) is 3.95. The van der Waals surface area contributed by atoms with E-state index in [2.05, 4.69) is 10.3 Å². The lowest BCUT2D eigenvalue weighted by Crippen LogP contribution is -2.32. The van der Waals surface area contributed by atoms with Crippen molar-refractivity contribution >= 4 is 34.4 Å². The Morgan fingerprint density at radius 1 is 1.03 bits per heavy atom. The first-order valence-electron chi connectivity index (χ1n) is 9.14. The molecule has 0 unspecified atom stereocenters. The first kappa shape index (κ1) is 19.7. The van der Waals surface area contributed by atoms with E-state index in [0.29, 0.717) is 22.8 Å². The van der Waals surface area contributed by atoms with Gasteiger partial charge < -0.3 is 14.8 Å². The van der Waals surface area contributed by atoms with Gasteiger partial charge in [0.2, 0.25) is 0 Å². The van der Waals surface area contributed by atoms with Gasteiger partial charge in [-0.25, -0.2) is 0 Å². The molecule has 7 nitrogen and oxygen atoms in total. The Morgan fingerprint density at radius 2 is 1.80 bits per heavy atom. The number of aromatic nitrogens is 1. The van der Waals surface area contributed by atoms with E-state index in [1.807, 2.05) is 23.6 Å². The quantitative estimate of drug-likeness (QED) is 0.588. The number of carbonyl (C=O) groups excluding carboxylic acids is 2. The monoisotopic (exact) mass is 421 g/mol. The van der Waals surface area contributed by atoms with E-state index in [-0.39, 0.29) is 18.1 Å². The van der Waals surface area contributed by atoms with Crippen LogP contribution in [-0.4, -0.2) is 35.9 Å². The van der Waals surface area contributed by atoms with Gasteiger partial charge in [-0.1, -0.05) is 12.1 Å². The zero-order valence-corrected chi connectivity index (χ0v) is 17.2. The number of pyridine rings is 1. The van der Waals surface area contributed by atoms with Gasteiger partial charge in [-0.3, -0.25) is 19.5 Å².